The van der Waals surface area contributed by atoms with Gasteiger partial charge in [-0.15, -0.1) is 22.9 Å². The Kier molecular flexibility index (Phi) is 3.96. The molecule has 0 aliphatic carbocycles. The minimum atomic E-state index is -0.427. The van der Waals surface area contributed by atoms with Crippen molar-refractivity contribution in [2.24, 2.45) is 0 Å². The van der Waals surface area contributed by atoms with E-state index in [-0.39, 0.29) is 5.02 Å². The number of alkyl halides is 1. The zero-order chi connectivity index (χ0) is 14.1. The highest BCUT2D eigenvalue weighted by molar-refractivity contribution is 7.09. The average molecular weight is 329 g/mol. The molecule has 3 aromatic rings. The molecule has 3 rings (SSSR count). The van der Waals surface area contributed by atoms with E-state index >= 15 is 0 Å². The maximum absolute atomic E-state index is 13.7. The van der Waals surface area contributed by atoms with Crippen LogP contribution in [0.3, 0.4) is 0 Å². The Morgan fingerprint density at radius 1 is 1.35 bits per heavy atom. The Balaban J connectivity index is 2.15. The van der Waals surface area contributed by atoms with Crippen LogP contribution in [0, 0.1) is 5.82 Å². The summed E-state index contributed by atoms with van der Waals surface area (Å²) in [5.74, 6) is 0.901. The summed E-state index contributed by atoms with van der Waals surface area (Å²) in [5.41, 5.74) is 1.45. The van der Waals surface area contributed by atoms with Gasteiger partial charge in [0.25, 0.3) is 0 Å². The van der Waals surface area contributed by atoms with E-state index in [1.54, 1.807) is 17.4 Å². The molecule has 0 amide bonds. The van der Waals surface area contributed by atoms with Crippen LogP contribution in [-0.4, -0.2) is 15.4 Å². The number of aromatic nitrogens is 2. The van der Waals surface area contributed by atoms with E-state index in [0.717, 1.165) is 11.3 Å². The molecule has 2 heterocycles. The third-order valence-corrected chi connectivity index (χ3v) is 4.42. The lowest BCUT2D eigenvalue weighted by Gasteiger charge is -2.07. The van der Waals surface area contributed by atoms with Crippen molar-refractivity contribution in [3.63, 3.8) is 0 Å². The first-order valence-electron chi connectivity index (χ1n) is 6.11. The van der Waals surface area contributed by atoms with E-state index in [1.807, 2.05) is 22.1 Å². The Morgan fingerprint density at radius 2 is 2.20 bits per heavy atom. The van der Waals surface area contributed by atoms with E-state index in [2.05, 4.69) is 4.98 Å². The van der Waals surface area contributed by atoms with Crippen LogP contribution in [0.1, 0.15) is 10.7 Å². The van der Waals surface area contributed by atoms with Crippen molar-refractivity contribution in [1.29, 1.82) is 0 Å². The molecule has 0 N–H and O–H groups in total. The van der Waals surface area contributed by atoms with Crippen LogP contribution in [0.2, 0.25) is 5.02 Å². The predicted octanol–water partition coefficient (Wildman–Crippen LogP) is 4.72. The molecule has 2 nitrogen and oxygen atoms in total. The quantitative estimate of drug-likeness (QED) is 0.633. The SMILES string of the molecule is Fc1cc2c(cc1Cl)nc(CCCl)n2Cc1cccs1. The second-order valence-electron chi connectivity index (χ2n) is 4.39. The summed E-state index contributed by atoms with van der Waals surface area (Å²) >= 11 is 13.3. The standard InChI is InChI=1S/C14H11Cl2FN2S/c15-4-3-14-18-12-6-10(16)11(17)7-13(12)19(14)8-9-2-1-5-20-9/h1-2,5-7H,3-4,8H2. The lowest BCUT2D eigenvalue weighted by atomic mass is 10.3. The Morgan fingerprint density at radius 3 is 2.90 bits per heavy atom. The van der Waals surface area contributed by atoms with Crippen LogP contribution < -0.4 is 0 Å². The third-order valence-electron chi connectivity index (χ3n) is 3.08. The highest BCUT2D eigenvalue weighted by Gasteiger charge is 2.14. The van der Waals surface area contributed by atoms with Crippen molar-refractivity contribution < 1.29 is 4.39 Å². The largest absolute Gasteiger partial charge is 0.323 e. The van der Waals surface area contributed by atoms with Gasteiger partial charge in [0.2, 0.25) is 0 Å². The summed E-state index contributed by atoms with van der Waals surface area (Å²) in [4.78, 5) is 5.71. The monoisotopic (exact) mass is 328 g/mol. The van der Waals surface area contributed by atoms with Crippen molar-refractivity contribution >= 4 is 45.6 Å². The molecular formula is C14H11Cl2FN2S. The van der Waals surface area contributed by atoms with Gasteiger partial charge in [-0.1, -0.05) is 17.7 Å². The van der Waals surface area contributed by atoms with Gasteiger partial charge in [0.15, 0.2) is 0 Å². The molecule has 0 spiro atoms. The third kappa shape index (κ3) is 2.55. The summed E-state index contributed by atoms with van der Waals surface area (Å²) in [7, 11) is 0. The highest BCUT2D eigenvalue weighted by atomic mass is 35.5. The normalized spacial score (nSPS) is 11.3. The van der Waals surface area contributed by atoms with Crippen LogP contribution in [0.25, 0.3) is 11.0 Å². The molecule has 0 atom stereocenters. The highest BCUT2D eigenvalue weighted by Crippen LogP contribution is 2.25. The number of halogens is 3. The number of benzene rings is 1. The topological polar surface area (TPSA) is 17.8 Å². The van der Waals surface area contributed by atoms with Gasteiger partial charge in [0, 0.05) is 23.2 Å². The number of hydrogen-bond acceptors (Lipinski definition) is 2. The molecule has 0 radical (unpaired) electrons. The van der Waals surface area contributed by atoms with Crippen molar-refractivity contribution in [3.8, 4) is 0 Å². The van der Waals surface area contributed by atoms with Crippen LogP contribution in [0.15, 0.2) is 29.6 Å². The first-order chi connectivity index (χ1) is 9.69. The number of aryl methyl sites for hydroxylation is 1. The smallest absolute Gasteiger partial charge is 0.144 e. The van der Waals surface area contributed by atoms with Crippen molar-refractivity contribution in [1.82, 2.24) is 9.55 Å². The number of thiophene rings is 1. The molecule has 0 saturated carbocycles. The van der Waals surface area contributed by atoms with Gasteiger partial charge in [-0.2, -0.15) is 0 Å². The second kappa shape index (κ2) is 5.72. The number of imidazole rings is 1. The molecule has 104 valence electrons. The Labute approximate surface area is 129 Å². The fraction of sp³-hybridized carbons (Fsp3) is 0.214. The van der Waals surface area contributed by atoms with E-state index in [1.165, 1.54) is 10.9 Å². The molecular weight excluding hydrogens is 318 g/mol. The van der Waals surface area contributed by atoms with Crippen molar-refractivity contribution in [2.75, 3.05) is 5.88 Å². The molecule has 20 heavy (non-hydrogen) atoms. The lowest BCUT2D eigenvalue weighted by Crippen LogP contribution is -2.05. The summed E-state index contributed by atoms with van der Waals surface area (Å²) in [5, 5.41) is 2.11. The second-order valence-corrected chi connectivity index (χ2v) is 6.20. The van der Waals surface area contributed by atoms with Gasteiger partial charge >= 0.3 is 0 Å². The number of fused-ring (bicyclic) bond motifs is 1. The van der Waals surface area contributed by atoms with Crippen molar-refractivity contribution in [3.05, 3.63) is 51.2 Å². The molecule has 0 unspecified atom stereocenters. The molecule has 0 fully saturated rings. The first-order valence-corrected chi connectivity index (χ1v) is 7.90. The fourth-order valence-electron chi connectivity index (χ4n) is 2.18. The van der Waals surface area contributed by atoms with Crippen molar-refractivity contribution in [2.45, 2.75) is 13.0 Å². The zero-order valence-electron chi connectivity index (χ0n) is 10.4. The number of nitrogens with zero attached hydrogens (tertiary/aromatic N) is 2. The van der Waals surface area contributed by atoms with E-state index in [4.69, 9.17) is 23.2 Å². The van der Waals surface area contributed by atoms with Gasteiger partial charge in [0.05, 0.1) is 22.6 Å². The minimum Gasteiger partial charge on any atom is -0.323 e. The van der Waals surface area contributed by atoms with Gasteiger partial charge in [-0.05, 0) is 17.5 Å². The maximum Gasteiger partial charge on any atom is 0.144 e. The van der Waals surface area contributed by atoms with Crippen LogP contribution >= 0.6 is 34.5 Å². The average Bonchev–Trinajstić information content (AvgIpc) is 3.02. The summed E-state index contributed by atoms with van der Waals surface area (Å²) in [6.07, 6.45) is 0.640. The van der Waals surface area contributed by atoms with Crippen LogP contribution in [0.5, 0.6) is 0 Å². The van der Waals surface area contributed by atoms with E-state index in [0.29, 0.717) is 24.4 Å². The maximum atomic E-state index is 13.7. The molecule has 0 bridgehead atoms. The van der Waals surface area contributed by atoms with Crippen LogP contribution in [0.4, 0.5) is 4.39 Å². The molecule has 0 aliphatic heterocycles. The first kappa shape index (κ1) is 13.9. The molecule has 0 saturated heterocycles. The summed E-state index contributed by atoms with van der Waals surface area (Å²) in [6.45, 7) is 0.668. The summed E-state index contributed by atoms with van der Waals surface area (Å²) < 4.78 is 15.7. The van der Waals surface area contributed by atoms with Gasteiger partial charge in [-0.25, -0.2) is 9.37 Å². The summed E-state index contributed by atoms with van der Waals surface area (Å²) in [6, 6.07) is 7.05. The fourth-order valence-corrected chi connectivity index (χ4v) is 3.20. The Bertz CT molecular complexity index is 737. The molecule has 2 aromatic heterocycles. The van der Waals surface area contributed by atoms with Gasteiger partial charge in [0.1, 0.15) is 11.6 Å². The molecule has 1 aromatic carbocycles. The lowest BCUT2D eigenvalue weighted by molar-refractivity contribution is 0.628. The molecule has 0 aliphatic rings. The Hall–Kier alpha value is -1.10. The van der Waals surface area contributed by atoms with E-state index < -0.39 is 5.82 Å². The van der Waals surface area contributed by atoms with Gasteiger partial charge < -0.3 is 4.57 Å². The molecule has 6 heteroatoms. The minimum absolute atomic E-state index is 0.0932. The van der Waals surface area contributed by atoms with Crippen LogP contribution in [-0.2, 0) is 13.0 Å². The van der Waals surface area contributed by atoms with Gasteiger partial charge in [-0.3, -0.25) is 0 Å². The number of hydrogen-bond donors (Lipinski definition) is 0. The predicted molar refractivity (Wildman–Crippen MR) is 82.5 cm³/mol. The zero-order valence-corrected chi connectivity index (χ0v) is 12.8. The van der Waals surface area contributed by atoms with E-state index in [9.17, 15) is 4.39 Å². The number of rotatable bonds is 4.